The van der Waals surface area contributed by atoms with Gasteiger partial charge in [0, 0.05) is 17.0 Å². The fourth-order valence-corrected chi connectivity index (χ4v) is 5.37. The van der Waals surface area contributed by atoms with Crippen molar-refractivity contribution in [3.63, 3.8) is 0 Å². The summed E-state index contributed by atoms with van der Waals surface area (Å²) in [6.07, 6.45) is 4.76. The average molecular weight is 422 g/mol. The number of aliphatic carboxylic acids is 1. The third kappa shape index (κ3) is 5.34. The zero-order valence-electron chi connectivity index (χ0n) is 15.5. The van der Waals surface area contributed by atoms with Gasteiger partial charge in [-0.05, 0) is 61.1 Å². The van der Waals surface area contributed by atoms with Gasteiger partial charge in [-0.25, -0.2) is 13.1 Å². The Labute approximate surface area is 170 Å². The van der Waals surface area contributed by atoms with Crippen LogP contribution in [0.1, 0.15) is 43.2 Å². The number of carbonyl (C=O) groups is 1. The minimum atomic E-state index is -3.64. The van der Waals surface area contributed by atoms with E-state index >= 15 is 0 Å². The van der Waals surface area contributed by atoms with Crippen molar-refractivity contribution in [3.8, 4) is 0 Å². The fourth-order valence-electron chi connectivity index (χ4n) is 3.79. The lowest BCUT2D eigenvalue weighted by Gasteiger charge is -2.30. The summed E-state index contributed by atoms with van der Waals surface area (Å²) in [6, 6.07) is 14.0. The first-order valence-corrected chi connectivity index (χ1v) is 11.2. The van der Waals surface area contributed by atoms with Gasteiger partial charge in [0.05, 0.1) is 4.90 Å². The Hall–Kier alpha value is -1.89. The van der Waals surface area contributed by atoms with Crippen LogP contribution in [0.2, 0.25) is 5.02 Å². The van der Waals surface area contributed by atoms with Crippen LogP contribution in [-0.4, -0.2) is 25.0 Å². The maximum absolute atomic E-state index is 12.9. The van der Waals surface area contributed by atoms with Crippen LogP contribution >= 0.6 is 11.6 Å². The number of hydrogen-bond acceptors (Lipinski definition) is 3. The highest BCUT2D eigenvalue weighted by Gasteiger charge is 2.38. The summed E-state index contributed by atoms with van der Waals surface area (Å²) in [4.78, 5) is 10.9. The summed E-state index contributed by atoms with van der Waals surface area (Å²) in [5, 5.41) is 9.30. The quantitative estimate of drug-likeness (QED) is 0.669. The zero-order chi connectivity index (χ0) is 20.2. The molecule has 2 aromatic carbocycles. The normalized spacial score (nSPS) is 16.2. The maximum Gasteiger partial charge on any atom is 0.303 e. The van der Waals surface area contributed by atoms with Crippen molar-refractivity contribution in [2.75, 3.05) is 0 Å². The Morgan fingerprint density at radius 3 is 2.14 bits per heavy atom. The standard InChI is InChI=1S/C21H24ClNO4S/c22-18-8-10-19(11-9-18)28(26,27)23-21(13-1-2-14-21)15-17-5-3-16(4-6-17)7-12-20(24)25/h3-6,8-11,23H,1-2,7,12-15H2,(H,24,25). The predicted octanol–water partition coefficient (Wildman–Crippen LogP) is 4.19. The molecular formula is C21H24ClNO4S. The van der Waals surface area contributed by atoms with E-state index in [1.54, 1.807) is 12.1 Å². The molecule has 1 saturated carbocycles. The van der Waals surface area contributed by atoms with Crippen LogP contribution < -0.4 is 4.72 Å². The Morgan fingerprint density at radius 2 is 1.57 bits per heavy atom. The van der Waals surface area contributed by atoms with Crippen LogP contribution in [0.15, 0.2) is 53.4 Å². The van der Waals surface area contributed by atoms with E-state index in [0.29, 0.717) is 17.9 Å². The molecule has 0 bridgehead atoms. The van der Waals surface area contributed by atoms with Crippen molar-refractivity contribution in [2.45, 2.75) is 55.4 Å². The van der Waals surface area contributed by atoms with Crippen molar-refractivity contribution in [2.24, 2.45) is 0 Å². The Bertz CT molecular complexity index is 918. The molecule has 0 atom stereocenters. The van der Waals surface area contributed by atoms with Crippen molar-refractivity contribution < 1.29 is 18.3 Å². The van der Waals surface area contributed by atoms with E-state index in [9.17, 15) is 13.2 Å². The molecule has 0 heterocycles. The van der Waals surface area contributed by atoms with E-state index in [1.807, 2.05) is 24.3 Å². The number of benzene rings is 2. The van der Waals surface area contributed by atoms with E-state index in [4.69, 9.17) is 16.7 Å². The minimum Gasteiger partial charge on any atom is -0.481 e. The van der Waals surface area contributed by atoms with Crippen LogP contribution in [0.4, 0.5) is 0 Å². The van der Waals surface area contributed by atoms with E-state index < -0.39 is 21.5 Å². The Morgan fingerprint density at radius 1 is 1.00 bits per heavy atom. The topological polar surface area (TPSA) is 83.5 Å². The van der Waals surface area contributed by atoms with Gasteiger partial charge >= 0.3 is 5.97 Å². The molecule has 0 radical (unpaired) electrons. The van der Waals surface area contributed by atoms with Gasteiger partial charge in [0.15, 0.2) is 0 Å². The predicted molar refractivity (Wildman–Crippen MR) is 109 cm³/mol. The summed E-state index contributed by atoms with van der Waals surface area (Å²) in [7, 11) is -3.64. The summed E-state index contributed by atoms with van der Waals surface area (Å²) in [6.45, 7) is 0. The number of carboxylic acid groups (broad SMARTS) is 1. The second kappa shape index (κ2) is 8.64. The second-order valence-corrected chi connectivity index (χ2v) is 9.55. The molecule has 1 aliphatic rings. The van der Waals surface area contributed by atoms with Gasteiger partial charge in [0.2, 0.25) is 10.0 Å². The number of sulfonamides is 1. The lowest BCUT2D eigenvalue weighted by atomic mass is 9.90. The molecule has 2 N–H and O–H groups in total. The number of carboxylic acids is 1. The lowest BCUT2D eigenvalue weighted by Crippen LogP contribution is -2.47. The van der Waals surface area contributed by atoms with Gasteiger partial charge in [-0.2, -0.15) is 0 Å². The highest BCUT2D eigenvalue weighted by molar-refractivity contribution is 7.89. The van der Waals surface area contributed by atoms with Crippen molar-refractivity contribution in [1.82, 2.24) is 4.72 Å². The highest BCUT2D eigenvalue weighted by atomic mass is 35.5. The van der Waals surface area contributed by atoms with Crippen LogP contribution in [0, 0.1) is 0 Å². The van der Waals surface area contributed by atoms with Gasteiger partial charge in [-0.15, -0.1) is 0 Å². The summed E-state index contributed by atoms with van der Waals surface area (Å²) in [5.41, 5.74) is 1.51. The molecule has 0 aromatic heterocycles. The van der Waals surface area contributed by atoms with E-state index in [0.717, 1.165) is 36.8 Å². The molecule has 1 fully saturated rings. The first-order valence-electron chi connectivity index (χ1n) is 9.37. The van der Waals surface area contributed by atoms with Crippen molar-refractivity contribution in [3.05, 3.63) is 64.7 Å². The first-order chi connectivity index (χ1) is 13.3. The molecular weight excluding hydrogens is 398 g/mol. The SMILES string of the molecule is O=C(O)CCc1ccc(CC2(NS(=O)(=O)c3ccc(Cl)cc3)CCCC2)cc1. The maximum atomic E-state index is 12.9. The van der Waals surface area contributed by atoms with E-state index in [2.05, 4.69) is 4.72 Å². The molecule has 28 heavy (non-hydrogen) atoms. The largest absolute Gasteiger partial charge is 0.481 e. The fraction of sp³-hybridized carbons (Fsp3) is 0.381. The minimum absolute atomic E-state index is 0.101. The third-order valence-corrected chi connectivity index (χ3v) is 7.07. The monoisotopic (exact) mass is 421 g/mol. The summed E-state index contributed by atoms with van der Waals surface area (Å²) in [5.74, 6) is -0.814. The van der Waals surface area contributed by atoms with Crippen LogP contribution in [0.5, 0.6) is 0 Å². The van der Waals surface area contributed by atoms with Crippen LogP contribution in [-0.2, 0) is 27.7 Å². The number of rotatable bonds is 8. The highest BCUT2D eigenvalue weighted by Crippen LogP contribution is 2.34. The van der Waals surface area contributed by atoms with E-state index in [1.165, 1.54) is 12.1 Å². The van der Waals surface area contributed by atoms with Crippen molar-refractivity contribution >= 4 is 27.6 Å². The number of aryl methyl sites for hydroxylation is 1. The Kier molecular flexibility index (Phi) is 6.43. The molecule has 0 aliphatic heterocycles. The molecule has 0 saturated heterocycles. The molecule has 2 aromatic rings. The first kappa shape index (κ1) is 20.8. The molecule has 150 valence electrons. The van der Waals surface area contributed by atoms with E-state index in [-0.39, 0.29) is 11.3 Å². The smallest absolute Gasteiger partial charge is 0.303 e. The summed E-state index contributed by atoms with van der Waals surface area (Å²) < 4.78 is 28.7. The van der Waals surface area contributed by atoms with Gasteiger partial charge in [-0.3, -0.25) is 4.79 Å². The Balaban J connectivity index is 1.75. The van der Waals surface area contributed by atoms with Gasteiger partial charge in [0.25, 0.3) is 0 Å². The van der Waals surface area contributed by atoms with Gasteiger partial charge in [-0.1, -0.05) is 48.7 Å². The molecule has 5 nitrogen and oxygen atoms in total. The van der Waals surface area contributed by atoms with Gasteiger partial charge in [0.1, 0.15) is 0 Å². The van der Waals surface area contributed by atoms with Crippen LogP contribution in [0.25, 0.3) is 0 Å². The molecule has 7 heteroatoms. The van der Waals surface area contributed by atoms with Gasteiger partial charge < -0.3 is 5.11 Å². The third-order valence-electron chi connectivity index (χ3n) is 5.23. The number of nitrogens with one attached hydrogen (secondary N) is 1. The molecule has 0 spiro atoms. The van der Waals surface area contributed by atoms with Crippen molar-refractivity contribution in [1.29, 1.82) is 0 Å². The molecule has 0 amide bonds. The lowest BCUT2D eigenvalue weighted by molar-refractivity contribution is -0.136. The average Bonchev–Trinajstić information content (AvgIpc) is 3.08. The zero-order valence-corrected chi connectivity index (χ0v) is 17.1. The van der Waals surface area contributed by atoms with Crippen LogP contribution in [0.3, 0.4) is 0 Å². The molecule has 3 rings (SSSR count). The summed E-state index contributed by atoms with van der Waals surface area (Å²) >= 11 is 5.87. The molecule has 0 unspecified atom stereocenters. The molecule has 1 aliphatic carbocycles. The number of halogens is 1. The number of hydrogen-bond donors (Lipinski definition) is 2. The second-order valence-electron chi connectivity index (χ2n) is 7.43.